The third-order valence-corrected chi connectivity index (χ3v) is 4.44. The maximum Gasteiger partial charge on any atom is 0.0133 e. The fourth-order valence-electron chi connectivity index (χ4n) is 3.35. The van der Waals surface area contributed by atoms with Crippen LogP contribution < -0.4 is 5.32 Å². The molecule has 2 fully saturated rings. The van der Waals surface area contributed by atoms with Crippen molar-refractivity contribution in [1.82, 2.24) is 15.1 Å². The van der Waals surface area contributed by atoms with Crippen LogP contribution in [-0.4, -0.2) is 63.2 Å². The summed E-state index contributed by atoms with van der Waals surface area (Å²) >= 11 is 0. The Labute approximate surface area is 100 Å². The zero-order valence-electron chi connectivity index (χ0n) is 11.1. The molecule has 94 valence electrons. The predicted molar refractivity (Wildman–Crippen MR) is 68.7 cm³/mol. The summed E-state index contributed by atoms with van der Waals surface area (Å²) < 4.78 is 0. The van der Waals surface area contributed by atoms with Crippen LogP contribution in [0.2, 0.25) is 0 Å². The third-order valence-electron chi connectivity index (χ3n) is 4.44. The SMILES string of the molecule is CNCC1CCC1N(C)CC1CCN(C)C1. The van der Waals surface area contributed by atoms with Gasteiger partial charge in [-0.15, -0.1) is 0 Å². The van der Waals surface area contributed by atoms with E-state index in [4.69, 9.17) is 0 Å². The largest absolute Gasteiger partial charge is 0.319 e. The van der Waals surface area contributed by atoms with Gasteiger partial charge in [-0.25, -0.2) is 0 Å². The number of rotatable bonds is 5. The number of nitrogens with zero attached hydrogens (tertiary/aromatic N) is 2. The molecular weight excluding hydrogens is 198 g/mol. The van der Waals surface area contributed by atoms with Gasteiger partial charge in [0.2, 0.25) is 0 Å². The Morgan fingerprint density at radius 3 is 2.62 bits per heavy atom. The molecule has 0 aromatic rings. The second-order valence-electron chi connectivity index (χ2n) is 5.82. The second-order valence-corrected chi connectivity index (χ2v) is 5.82. The first-order chi connectivity index (χ1) is 7.70. The highest BCUT2D eigenvalue weighted by Gasteiger charge is 2.34. The molecule has 1 heterocycles. The first-order valence-electron chi connectivity index (χ1n) is 6.74. The lowest BCUT2D eigenvalue weighted by Gasteiger charge is -2.43. The molecule has 1 aliphatic heterocycles. The fourth-order valence-corrected chi connectivity index (χ4v) is 3.35. The van der Waals surface area contributed by atoms with E-state index in [1.807, 2.05) is 0 Å². The number of nitrogens with one attached hydrogen (secondary N) is 1. The van der Waals surface area contributed by atoms with Crippen molar-refractivity contribution in [3.63, 3.8) is 0 Å². The average molecular weight is 225 g/mol. The molecule has 0 aromatic heterocycles. The van der Waals surface area contributed by atoms with Crippen LogP contribution in [0, 0.1) is 11.8 Å². The van der Waals surface area contributed by atoms with Crippen molar-refractivity contribution in [2.24, 2.45) is 11.8 Å². The molecule has 0 radical (unpaired) electrons. The van der Waals surface area contributed by atoms with Gasteiger partial charge in [0.25, 0.3) is 0 Å². The Morgan fingerprint density at radius 2 is 2.12 bits per heavy atom. The lowest BCUT2D eigenvalue weighted by Crippen LogP contribution is -2.50. The maximum atomic E-state index is 3.32. The third kappa shape index (κ3) is 2.76. The van der Waals surface area contributed by atoms with Crippen LogP contribution in [0.25, 0.3) is 0 Å². The highest BCUT2D eigenvalue weighted by Crippen LogP contribution is 2.31. The molecule has 2 aliphatic rings. The van der Waals surface area contributed by atoms with Gasteiger partial charge in [-0.1, -0.05) is 0 Å². The van der Waals surface area contributed by atoms with Crippen LogP contribution in [-0.2, 0) is 0 Å². The molecule has 1 saturated carbocycles. The van der Waals surface area contributed by atoms with Crippen molar-refractivity contribution in [3.8, 4) is 0 Å². The summed E-state index contributed by atoms with van der Waals surface area (Å²) in [5.74, 6) is 1.81. The van der Waals surface area contributed by atoms with Crippen molar-refractivity contribution in [1.29, 1.82) is 0 Å². The van der Waals surface area contributed by atoms with Crippen LogP contribution in [0.15, 0.2) is 0 Å². The van der Waals surface area contributed by atoms with Crippen LogP contribution in [0.1, 0.15) is 19.3 Å². The van der Waals surface area contributed by atoms with E-state index in [9.17, 15) is 0 Å². The first kappa shape index (κ1) is 12.3. The molecule has 0 amide bonds. The Morgan fingerprint density at radius 1 is 1.31 bits per heavy atom. The minimum Gasteiger partial charge on any atom is -0.319 e. The molecule has 0 bridgehead atoms. The lowest BCUT2D eigenvalue weighted by atomic mass is 9.78. The molecule has 3 nitrogen and oxygen atoms in total. The number of likely N-dealkylation sites (tertiary alicyclic amines) is 1. The van der Waals surface area contributed by atoms with Gasteiger partial charge < -0.3 is 15.1 Å². The molecular formula is C13H27N3. The van der Waals surface area contributed by atoms with Crippen LogP contribution in [0.3, 0.4) is 0 Å². The minimum atomic E-state index is 0.846. The summed E-state index contributed by atoms with van der Waals surface area (Å²) in [6.07, 6.45) is 4.22. The van der Waals surface area contributed by atoms with Crippen molar-refractivity contribution in [2.75, 3.05) is 47.3 Å². The van der Waals surface area contributed by atoms with E-state index in [2.05, 4.69) is 36.3 Å². The maximum absolute atomic E-state index is 3.32. The Hall–Kier alpha value is -0.120. The quantitative estimate of drug-likeness (QED) is 0.749. The fraction of sp³-hybridized carbons (Fsp3) is 1.00. The highest BCUT2D eigenvalue weighted by atomic mass is 15.2. The van der Waals surface area contributed by atoms with Gasteiger partial charge >= 0.3 is 0 Å². The summed E-state index contributed by atoms with van der Waals surface area (Å²) in [5.41, 5.74) is 0. The van der Waals surface area contributed by atoms with Gasteiger partial charge in [-0.2, -0.15) is 0 Å². The Kier molecular flexibility index (Phi) is 4.22. The van der Waals surface area contributed by atoms with Gasteiger partial charge in [-0.05, 0) is 65.3 Å². The second kappa shape index (κ2) is 5.48. The van der Waals surface area contributed by atoms with E-state index in [1.54, 1.807) is 0 Å². The summed E-state index contributed by atoms with van der Waals surface area (Å²) in [4.78, 5) is 5.08. The molecule has 3 heteroatoms. The monoisotopic (exact) mass is 225 g/mol. The van der Waals surface area contributed by atoms with Crippen LogP contribution in [0.5, 0.6) is 0 Å². The summed E-state index contributed by atoms with van der Waals surface area (Å²) in [5, 5.41) is 3.32. The molecule has 3 unspecified atom stereocenters. The number of hydrogen-bond donors (Lipinski definition) is 1. The topological polar surface area (TPSA) is 18.5 Å². The van der Waals surface area contributed by atoms with Crippen molar-refractivity contribution < 1.29 is 0 Å². The van der Waals surface area contributed by atoms with Crippen molar-refractivity contribution in [2.45, 2.75) is 25.3 Å². The molecule has 1 N–H and O–H groups in total. The molecule has 16 heavy (non-hydrogen) atoms. The standard InChI is InChI=1S/C13H27N3/c1-14-8-12-4-5-13(12)16(3)10-11-6-7-15(2)9-11/h11-14H,4-10H2,1-3H3. The minimum absolute atomic E-state index is 0.846. The highest BCUT2D eigenvalue weighted by molar-refractivity contribution is 4.90. The molecule has 1 saturated heterocycles. The predicted octanol–water partition coefficient (Wildman–Crippen LogP) is 0.868. The summed E-state index contributed by atoms with van der Waals surface area (Å²) in [6, 6.07) is 0.846. The molecule has 0 aromatic carbocycles. The Balaban J connectivity index is 1.73. The average Bonchev–Trinajstić information content (AvgIpc) is 2.58. The van der Waals surface area contributed by atoms with Gasteiger partial charge in [-0.3, -0.25) is 0 Å². The van der Waals surface area contributed by atoms with Crippen molar-refractivity contribution in [3.05, 3.63) is 0 Å². The van der Waals surface area contributed by atoms with E-state index in [0.29, 0.717) is 0 Å². The summed E-state index contributed by atoms with van der Waals surface area (Å²) in [6.45, 7) is 5.09. The van der Waals surface area contributed by atoms with Gasteiger partial charge in [0, 0.05) is 19.1 Å². The molecule has 2 rings (SSSR count). The van der Waals surface area contributed by atoms with E-state index in [1.165, 1.54) is 45.4 Å². The van der Waals surface area contributed by atoms with Gasteiger partial charge in [0.1, 0.15) is 0 Å². The normalized spacial score (nSPS) is 35.6. The zero-order chi connectivity index (χ0) is 11.5. The molecule has 0 spiro atoms. The summed E-state index contributed by atoms with van der Waals surface area (Å²) in [7, 11) is 6.64. The van der Waals surface area contributed by atoms with Crippen molar-refractivity contribution >= 4 is 0 Å². The van der Waals surface area contributed by atoms with E-state index >= 15 is 0 Å². The van der Waals surface area contributed by atoms with Gasteiger partial charge in [0.05, 0.1) is 0 Å². The Bertz CT molecular complexity index is 219. The van der Waals surface area contributed by atoms with Gasteiger partial charge in [0.15, 0.2) is 0 Å². The van der Waals surface area contributed by atoms with Crippen LogP contribution >= 0.6 is 0 Å². The lowest BCUT2D eigenvalue weighted by molar-refractivity contribution is 0.0731. The first-order valence-corrected chi connectivity index (χ1v) is 6.74. The van der Waals surface area contributed by atoms with E-state index in [0.717, 1.165) is 17.9 Å². The van der Waals surface area contributed by atoms with E-state index < -0.39 is 0 Å². The molecule has 3 atom stereocenters. The smallest absolute Gasteiger partial charge is 0.0133 e. The zero-order valence-corrected chi connectivity index (χ0v) is 11.1. The molecule has 1 aliphatic carbocycles. The van der Waals surface area contributed by atoms with Crippen LogP contribution in [0.4, 0.5) is 0 Å². The van der Waals surface area contributed by atoms with E-state index in [-0.39, 0.29) is 0 Å². The number of hydrogen-bond acceptors (Lipinski definition) is 3.